The van der Waals surface area contributed by atoms with E-state index in [1.54, 1.807) is 12.2 Å². The number of carboxylic acid groups (broad SMARTS) is 1. The van der Waals surface area contributed by atoms with Crippen LogP contribution < -0.4 is 5.32 Å². The number of nitrogens with zero attached hydrogens (tertiary/aromatic N) is 1. The lowest BCUT2D eigenvalue weighted by Crippen LogP contribution is -2.31. The Bertz CT molecular complexity index is 1090. The monoisotopic (exact) mass is 438 g/mol. The van der Waals surface area contributed by atoms with Crippen LogP contribution in [0.25, 0.3) is 6.08 Å². The minimum atomic E-state index is -1.33. The van der Waals surface area contributed by atoms with Gasteiger partial charge in [0.05, 0.1) is 4.91 Å². The number of aromatic carboxylic acids is 1. The van der Waals surface area contributed by atoms with Crippen LogP contribution in [0.2, 0.25) is 0 Å². The van der Waals surface area contributed by atoms with Crippen molar-refractivity contribution in [3.8, 4) is 5.75 Å². The molecule has 9 heteroatoms. The number of carbonyl (C=O) groups excluding carboxylic acids is 3. The van der Waals surface area contributed by atoms with Gasteiger partial charge in [0.15, 0.2) is 0 Å². The van der Waals surface area contributed by atoms with Crippen molar-refractivity contribution in [2.75, 3.05) is 11.9 Å². The molecule has 1 aliphatic rings. The Labute approximate surface area is 181 Å². The lowest BCUT2D eigenvalue weighted by molar-refractivity contribution is -0.123. The second-order valence-corrected chi connectivity index (χ2v) is 7.45. The number of anilines is 1. The summed E-state index contributed by atoms with van der Waals surface area (Å²) in [6.45, 7) is -0.111. The fourth-order valence-corrected chi connectivity index (χ4v) is 3.56. The maximum atomic E-state index is 12.4. The summed E-state index contributed by atoms with van der Waals surface area (Å²) in [5.41, 5.74) is 0.785. The second kappa shape index (κ2) is 9.77. The van der Waals surface area contributed by atoms with Gasteiger partial charge in [0.25, 0.3) is 11.1 Å². The third kappa shape index (κ3) is 5.61. The van der Waals surface area contributed by atoms with Crippen molar-refractivity contribution in [2.24, 2.45) is 0 Å². The number of allylic oxidation sites excluding steroid dienone is 2. The van der Waals surface area contributed by atoms with Crippen molar-refractivity contribution in [3.63, 3.8) is 0 Å². The first-order chi connectivity index (χ1) is 14.8. The van der Waals surface area contributed by atoms with Gasteiger partial charge in [-0.05, 0) is 41.6 Å². The van der Waals surface area contributed by atoms with Gasteiger partial charge in [0, 0.05) is 18.7 Å². The predicted octanol–water partition coefficient (Wildman–Crippen LogP) is 3.71. The molecule has 31 heavy (non-hydrogen) atoms. The highest BCUT2D eigenvalue weighted by Crippen LogP contribution is 2.30. The molecule has 3 N–H and O–H groups in total. The molecule has 0 spiro atoms. The molecule has 0 atom stereocenters. The van der Waals surface area contributed by atoms with Crippen LogP contribution >= 0.6 is 11.8 Å². The molecule has 0 saturated carbocycles. The molecular formula is C22H18N2O6S. The molecule has 158 valence electrons. The molecule has 0 radical (unpaired) electrons. The molecule has 2 aromatic carbocycles. The third-order valence-corrected chi connectivity index (χ3v) is 5.21. The lowest BCUT2D eigenvalue weighted by atomic mass is 10.1. The zero-order valence-electron chi connectivity index (χ0n) is 16.1. The van der Waals surface area contributed by atoms with E-state index in [-0.39, 0.29) is 29.1 Å². The van der Waals surface area contributed by atoms with E-state index >= 15 is 0 Å². The van der Waals surface area contributed by atoms with E-state index in [0.717, 1.165) is 34.4 Å². The highest BCUT2D eigenvalue weighted by atomic mass is 32.2. The van der Waals surface area contributed by atoms with E-state index in [4.69, 9.17) is 5.11 Å². The summed E-state index contributed by atoms with van der Waals surface area (Å²) in [6, 6.07) is 13.1. The highest BCUT2D eigenvalue weighted by Gasteiger charge is 2.34. The summed E-state index contributed by atoms with van der Waals surface area (Å²) >= 11 is 0.802. The molecule has 0 bridgehead atoms. The summed E-state index contributed by atoms with van der Waals surface area (Å²) in [5.74, 6) is -2.73. The number of imide groups is 1. The first kappa shape index (κ1) is 21.8. The van der Waals surface area contributed by atoms with Gasteiger partial charge in [-0.15, -0.1) is 0 Å². The number of hydrogen-bond donors (Lipinski definition) is 3. The summed E-state index contributed by atoms with van der Waals surface area (Å²) in [6.07, 6.45) is 4.89. The fraction of sp³-hybridized carbons (Fsp3) is 0.0909. The lowest BCUT2D eigenvalue weighted by Gasteiger charge is -2.12. The maximum Gasteiger partial charge on any atom is 0.339 e. The maximum absolute atomic E-state index is 12.4. The quantitative estimate of drug-likeness (QED) is 0.445. The van der Waals surface area contributed by atoms with Crippen LogP contribution in [0.3, 0.4) is 0 Å². The summed E-state index contributed by atoms with van der Waals surface area (Å²) in [5, 5.41) is 20.5. The summed E-state index contributed by atoms with van der Waals surface area (Å²) in [4.78, 5) is 49.0. The van der Waals surface area contributed by atoms with Gasteiger partial charge in [0.1, 0.15) is 11.3 Å². The first-order valence-corrected chi connectivity index (χ1v) is 10.00. The standard InChI is InChI=1S/C22H18N2O6S/c25-17-10-9-15(13-16(17)21(28)29)23-19(26)11-12-24-20(27)18(31-22(24)30)8-4-7-14-5-2-1-3-6-14/h1-10,13,25H,11-12H2,(H,23,26)(H,28,29)/b7-4+,18-8+. The van der Waals surface area contributed by atoms with Crippen LogP contribution in [0.4, 0.5) is 10.5 Å². The SMILES string of the molecule is O=C(CCN1C(=O)S/C(=C/C=C/c2ccccc2)C1=O)Nc1ccc(O)c(C(=O)O)c1. The highest BCUT2D eigenvalue weighted by molar-refractivity contribution is 8.18. The molecule has 1 heterocycles. The molecule has 0 unspecified atom stereocenters. The molecule has 1 saturated heterocycles. The number of aromatic hydroxyl groups is 1. The Balaban J connectivity index is 1.57. The predicted molar refractivity (Wildman–Crippen MR) is 117 cm³/mol. The third-order valence-electron chi connectivity index (χ3n) is 4.28. The molecular weight excluding hydrogens is 420 g/mol. The van der Waals surface area contributed by atoms with Gasteiger partial charge in [0.2, 0.25) is 5.91 Å². The zero-order valence-corrected chi connectivity index (χ0v) is 17.0. The molecule has 0 aromatic heterocycles. The van der Waals surface area contributed by atoms with E-state index in [9.17, 15) is 24.3 Å². The Morgan fingerprint density at radius 3 is 2.55 bits per heavy atom. The van der Waals surface area contributed by atoms with Crippen molar-refractivity contribution in [1.82, 2.24) is 4.90 Å². The minimum Gasteiger partial charge on any atom is -0.507 e. The summed E-state index contributed by atoms with van der Waals surface area (Å²) in [7, 11) is 0. The Hall–Kier alpha value is -3.85. The number of amides is 3. The van der Waals surface area contributed by atoms with Crippen LogP contribution in [-0.2, 0) is 9.59 Å². The molecule has 3 amide bonds. The number of carbonyl (C=O) groups is 4. The molecule has 8 nitrogen and oxygen atoms in total. The Kier molecular flexibility index (Phi) is 6.88. The van der Waals surface area contributed by atoms with E-state index in [2.05, 4.69) is 5.32 Å². The van der Waals surface area contributed by atoms with E-state index in [1.165, 1.54) is 6.07 Å². The zero-order chi connectivity index (χ0) is 22.4. The molecule has 2 aromatic rings. The Morgan fingerprint density at radius 1 is 1.10 bits per heavy atom. The first-order valence-electron chi connectivity index (χ1n) is 9.18. The topological polar surface area (TPSA) is 124 Å². The van der Waals surface area contributed by atoms with Gasteiger partial charge < -0.3 is 15.5 Å². The van der Waals surface area contributed by atoms with Crippen molar-refractivity contribution in [1.29, 1.82) is 0 Å². The van der Waals surface area contributed by atoms with Crippen molar-refractivity contribution in [3.05, 3.63) is 76.7 Å². The van der Waals surface area contributed by atoms with E-state index in [0.29, 0.717) is 0 Å². The second-order valence-electron chi connectivity index (χ2n) is 6.46. The van der Waals surface area contributed by atoms with Crippen LogP contribution in [-0.4, -0.2) is 44.7 Å². The van der Waals surface area contributed by atoms with Gasteiger partial charge in [-0.3, -0.25) is 19.3 Å². The number of rotatable bonds is 7. The number of thioether (sulfide) groups is 1. The average molecular weight is 438 g/mol. The number of benzene rings is 2. The fourth-order valence-electron chi connectivity index (χ4n) is 2.74. The number of nitrogens with one attached hydrogen (secondary N) is 1. The van der Waals surface area contributed by atoms with Crippen LogP contribution in [0.1, 0.15) is 22.3 Å². The molecule has 3 rings (SSSR count). The van der Waals surface area contributed by atoms with Gasteiger partial charge in [-0.2, -0.15) is 0 Å². The number of hydrogen-bond acceptors (Lipinski definition) is 6. The van der Waals surface area contributed by atoms with Gasteiger partial charge in [-0.25, -0.2) is 4.79 Å². The smallest absolute Gasteiger partial charge is 0.339 e. The van der Waals surface area contributed by atoms with Crippen LogP contribution in [0.5, 0.6) is 5.75 Å². The molecule has 1 fully saturated rings. The van der Waals surface area contributed by atoms with Gasteiger partial charge in [-0.1, -0.05) is 42.5 Å². The molecule has 1 aliphatic heterocycles. The Morgan fingerprint density at radius 2 is 1.84 bits per heavy atom. The van der Waals surface area contributed by atoms with Crippen molar-refractivity contribution in [2.45, 2.75) is 6.42 Å². The van der Waals surface area contributed by atoms with E-state index < -0.39 is 28.8 Å². The molecule has 0 aliphatic carbocycles. The van der Waals surface area contributed by atoms with E-state index in [1.807, 2.05) is 36.4 Å². The van der Waals surface area contributed by atoms with Crippen LogP contribution in [0, 0.1) is 0 Å². The summed E-state index contributed by atoms with van der Waals surface area (Å²) < 4.78 is 0. The minimum absolute atomic E-state index is 0.111. The normalized spacial score (nSPS) is 15.1. The number of phenols is 1. The largest absolute Gasteiger partial charge is 0.507 e. The number of carboxylic acids is 1. The van der Waals surface area contributed by atoms with Crippen molar-refractivity contribution < 1.29 is 29.4 Å². The average Bonchev–Trinajstić information content (AvgIpc) is 3.01. The van der Waals surface area contributed by atoms with Crippen LogP contribution in [0.15, 0.2) is 65.6 Å². The van der Waals surface area contributed by atoms with Crippen molar-refractivity contribution >= 4 is 46.5 Å². The van der Waals surface area contributed by atoms with Gasteiger partial charge >= 0.3 is 5.97 Å².